The highest BCUT2D eigenvalue weighted by atomic mass is 31.1. The summed E-state index contributed by atoms with van der Waals surface area (Å²) in [6.45, 7) is 41.1. The molecular weight excluding hydrogens is 728 g/mol. The lowest BCUT2D eigenvalue weighted by atomic mass is 9.77. The van der Waals surface area contributed by atoms with Crippen LogP contribution in [0.4, 0.5) is 0 Å². The van der Waals surface area contributed by atoms with Gasteiger partial charge in [-0.2, -0.15) is 0 Å². The minimum Gasteiger partial charge on any atom is -0.441 e. The third-order valence-corrected chi connectivity index (χ3v) is 26.6. The summed E-state index contributed by atoms with van der Waals surface area (Å²) < 4.78 is 39.7. The molecule has 1 unspecified atom stereocenters. The molecule has 2 aromatic carbocycles. The Hall–Kier alpha value is -1.30. The maximum Gasteiger partial charge on any atom is 0.275 e. The third kappa shape index (κ3) is 13.4. The Morgan fingerprint density at radius 2 is 1.17 bits per heavy atom. The molecule has 1 fully saturated rings. The van der Waals surface area contributed by atoms with Crippen LogP contribution in [0.2, 0.25) is 54.4 Å². The lowest BCUT2D eigenvalue weighted by molar-refractivity contribution is -0.103. The minimum absolute atomic E-state index is 0.0537. The van der Waals surface area contributed by atoms with Gasteiger partial charge in [0, 0.05) is 13.2 Å². The number of aryl methyl sites for hydroxylation is 1. The van der Waals surface area contributed by atoms with E-state index in [0.717, 1.165) is 55.8 Å². The Balaban J connectivity index is 1.78. The molecule has 0 saturated heterocycles. The number of benzene rings is 2. The van der Waals surface area contributed by atoms with Crippen LogP contribution in [0, 0.1) is 5.92 Å². The van der Waals surface area contributed by atoms with Crippen molar-refractivity contribution >= 4 is 34.0 Å². The number of para-hydroxylation sites is 1. The van der Waals surface area contributed by atoms with Gasteiger partial charge < -0.3 is 27.1 Å². The fraction of sp³-hybridized carbons (Fsp3) is 0.674. The molecule has 2 aromatic rings. The fourth-order valence-electron chi connectivity index (χ4n) is 5.65. The Morgan fingerprint density at radius 3 is 1.72 bits per heavy atom. The quantitative estimate of drug-likeness (QED) is 0.0648. The minimum atomic E-state index is -2.18. The topological polar surface area (TPSA) is 55.4 Å². The van der Waals surface area contributed by atoms with Crippen LogP contribution in [-0.2, 0) is 24.4 Å². The number of hydrogen-bond acceptors (Lipinski definition) is 6. The Bertz CT molecular complexity index is 1410. The predicted octanol–water partition coefficient (Wildman–Crippen LogP) is 13.1. The zero-order valence-electron chi connectivity index (χ0n) is 36.1. The summed E-state index contributed by atoms with van der Waals surface area (Å²) >= 11 is 0. The fourth-order valence-corrected chi connectivity index (χ4v) is 9.86. The Kier molecular flexibility index (Phi) is 16.3. The SMILES string of the molecule is C=C1[C@H](CCc2ccc(OPOc3ccccc3)cc2)C[C@@H](O[Si](C)(C)C(C)(C)C)[C@@H](OCCCCO[Si](C)(C)C(C)(C)C)[C@@H]1O[Si](C)(C)C(C)(C)C. The molecule has 0 spiro atoms. The summed E-state index contributed by atoms with van der Waals surface area (Å²) in [6, 6.07) is 18.2. The largest absolute Gasteiger partial charge is 0.441 e. The molecule has 53 heavy (non-hydrogen) atoms. The van der Waals surface area contributed by atoms with Gasteiger partial charge in [0.1, 0.15) is 17.6 Å². The average Bonchev–Trinajstić information content (AvgIpc) is 3.03. The summed E-state index contributed by atoms with van der Waals surface area (Å²) in [6.07, 6.45) is 4.25. The Morgan fingerprint density at radius 1 is 0.660 bits per heavy atom. The van der Waals surface area contributed by atoms with Crippen LogP contribution in [0.5, 0.6) is 11.5 Å². The molecule has 0 bridgehead atoms. The first-order chi connectivity index (χ1) is 24.3. The van der Waals surface area contributed by atoms with E-state index in [0.29, 0.717) is 6.61 Å². The van der Waals surface area contributed by atoms with Crippen molar-refractivity contribution in [1.82, 2.24) is 0 Å². The van der Waals surface area contributed by atoms with Gasteiger partial charge in [0.05, 0.1) is 12.2 Å². The molecule has 300 valence electrons. The van der Waals surface area contributed by atoms with Crippen molar-refractivity contribution in [2.45, 2.75) is 167 Å². The first kappa shape index (κ1) is 46.1. The lowest BCUT2D eigenvalue weighted by Gasteiger charge is -2.50. The lowest BCUT2D eigenvalue weighted by Crippen LogP contribution is -2.58. The molecule has 0 radical (unpaired) electrons. The van der Waals surface area contributed by atoms with Gasteiger partial charge in [-0.1, -0.05) is 99.2 Å². The zero-order chi connectivity index (χ0) is 39.9. The highest BCUT2D eigenvalue weighted by Crippen LogP contribution is 2.46. The number of hydrogen-bond donors (Lipinski definition) is 0. The first-order valence-corrected chi connectivity index (χ1v) is 29.4. The second kappa shape index (κ2) is 18.8. The van der Waals surface area contributed by atoms with Crippen LogP contribution in [0.25, 0.3) is 0 Å². The van der Waals surface area contributed by atoms with E-state index in [9.17, 15) is 0 Å². The molecule has 0 amide bonds. The highest BCUT2D eigenvalue weighted by molar-refractivity contribution is 7.27. The smallest absolute Gasteiger partial charge is 0.275 e. The monoisotopic (exact) mass is 802 g/mol. The first-order valence-electron chi connectivity index (χ1n) is 19.9. The molecule has 0 heterocycles. The van der Waals surface area contributed by atoms with Crippen LogP contribution in [-0.4, -0.2) is 56.5 Å². The summed E-state index contributed by atoms with van der Waals surface area (Å²) in [5.41, 5.74) is 2.44. The second-order valence-electron chi connectivity index (χ2n) is 19.7. The number of rotatable bonds is 18. The summed E-state index contributed by atoms with van der Waals surface area (Å²) in [4.78, 5) is 0. The molecule has 1 saturated carbocycles. The normalized spacial score (nSPS) is 21.0. The van der Waals surface area contributed by atoms with E-state index in [1.54, 1.807) is 0 Å². The molecule has 0 aromatic heterocycles. The summed E-state index contributed by atoms with van der Waals surface area (Å²) in [5, 5.41) is 0.342. The molecule has 1 aliphatic carbocycles. The Labute approximate surface area is 329 Å². The molecule has 1 aliphatic rings. The van der Waals surface area contributed by atoms with E-state index in [4.69, 9.17) is 33.6 Å². The maximum atomic E-state index is 7.33. The van der Waals surface area contributed by atoms with Crippen LogP contribution < -0.4 is 9.05 Å². The molecule has 0 aliphatic heterocycles. The van der Waals surface area contributed by atoms with Crippen molar-refractivity contribution in [1.29, 1.82) is 0 Å². The molecule has 10 heteroatoms. The van der Waals surface area contributed by atoms with E-state index >= 15 is 0 Å². The van der Waals surface area contributed by atoms with Gasteiger partial charge in [0.2, 0.25) is 0 Å². The van der Waals surface area contributed by atoms with Gasteiger partial charge in [-0.25, -0.2) is 0 Å². The third-order valence-electron chi connectivity index (χ3n) is 12.4. The van der Waals surface area contributed by atoms with E-state index in [1.807, 2.05) is 42.5 Å². The van der Waals surface area contributed by atoms with Crippen LogP contribution >= 0.6 is 9.03 Å². The van der Waals surface area contributed by atoms with Gasteiger partial charge in [-0.15, -0.1) is 0 Å². The maximum absolute atomic E-state index is 7.33. The van der Waals surface area contributed by atoms with E-state index in [-0.39, 0.29) is 48.4 Å². The molecule has 6 nitrogen and oxygen atoms in total. The number of unbranched alkanes of at least 4 members (excludes halogenated alkanes) is 1. The van der Waals surface area contributed by atoms with Crippen molar-refractivity contribution in [3.8, 4) is 11.5 Å². The van der Waals surface area contributed by atoms with Gasteiger partial charge in [-0.3, -0.25) is 0 Å². The zero-order valence-corrected chi connectivity index (χ0v) is 40.1. The van der Waals surface area contributed by atoms with Gasteiger partial charge in [0.25, 0.3) is 9.03 Å². The predicted molar refractivity (Wildman–Crippen MR) is 234 cm³/mol. The van der Waals surface area contributed by atoms with Crippen LogP contribution in [0.3, 0.4) is 0 Å². The van der Waals surface area contributed by atoms with Crippen molar-refractivity contribution in [2.24, 2.45) is 5.92 Å². The van der Waals surface area contributed by atoms with E-state index < -0.39 is 25.0 Å². The van der Waals surface area contributed by atoms with Crippen LogP contribution in [0.15, 0.2) is 66.7 Å². The van der Waals surface area contributed by atoms with E-state index in [2.05, 4.69) is 114 Å². The molecule has 3 rings (SSSR count). The highest BCUT2D eigenvalue weighted by Gasteiger charge is 2.50. The van der Waals surface area contributed by atoms with Gasteiger partial charge >= 0.3 is 0 Å². The average molecular weight is 803 g/mol. The van der Waals surface area contributed by atoms with Gasteiger partial charge in [0.15, 0.2) is 25.0 Å². The second-order valence-corrected chi connectivity index (χ2v) is 34.6. The number of ether oxygens (including phenoxy) is 1. The summed E-state index contributed by atoms with van der Waals surface area (Å²) in [5.74, 6) is 1.87. The summed E-state index contributed by atoms with van der Waals surface area (Å²) in [7, 11) is -6.18. The van der Waals surface area contributed by atoms with Crippen LogP contribution in [0.1, 0.15) is 93.6 Å². The molecular formula is C43H75O6PSi3. The molecule has 0 N–H and O–H groups in total. The van der Waals surface area contributed by atoms with Crippen molar-refractivity contribution in [3.05, 3.63) is 72.3 Å². The van der Waals surface area contributed by atoms with Crippen molar-refractivity contribution in [2.75, 3.05) is 13.2 Å². The molecule has 5 atom stereocenters. The van der Waals surface area contributed by atoms with E-state index in [1.165, 1.54) is 5.56 Å². The van der Waals surface area contributed by atoms with Crippen molar-refractivity contribution < 1.29 is 27.1 Å². The standard InChI is InChI=1S/C43H75O6PSi3/c1-33-35(27-24-34-25-28-37(29-26-34)47-50-46-36-22-18-17-19-23-36)32-38(48-52(13,14)42(5,6)7)40(39(33)49-53(15,16)43(8,9)10)44-30-20-21-31-45-51(11,12)41(2,3)4/h17-19,22-23,25-26,28-29,35,38-40,50H,1,20-21,24,27,30-32H2,2-16H3/t35-,38-,39-,40-/m1/s1. The van der Waals surface area contributed by atoms with Crippen molar-refractivity contribution in [3.63, 3.8) is 0 Å². The van der Waals surface area contributed by atoms with Gasteiger partial charge in [-0.05, 0) is 128 Å².